The highest BCUT2D eigenvalue weighted by molar-refractivity contribution is 9.10. The number of aliphatic hydroxyl groups excluding tert-OH is 1. The van der Waals surface area contributed by atoms with E-state index in [0.29, 0.717) is 23.7 Å². The predicted octanol–water partition coefficient (Wildman–Crippen LogP) is 3.83. The van der Waals surface area contributed by atoms with E-state index in [4.69, 9.17) is 9.63 Å². The lowest BCUT2D eigenvalue weighted by molar-refractivity contribution is -0.137. The van der Waals surface area contributed by atoms with Gasteiger partial charge < -0.3 is 9.63 Å². The van der Waals surface area contributed by atoms with E-state index in [9.17, 15) is 13.2 Å². The smallest absolute Gasteiger partial charge is 0.396 e. The molecule has 8 heteroatoms. The van der Waals surface area contributed by atoms with Crippen LogP contribution in [0.15, 0.2) is 27.2 Å². The average molecular weight is 365 g/mol. The minimum atomic E-state index is -4.50. The summed E-state index contributed by atoms with van der Waals surface area (Å²) >= 11 is 3.02. The van der Waals surface area contributed by atoms with Gasteiger partial charge in [-0.05, 0) is 31.0 Å². The Hall–Kier alpha value is -1.41. The topological polar surface area (TPSA) is 59.2 Å². The first-order valence-electron chi connectivity index (χ1n) is 6.22. The number of rotatable bonds is 5. The van der Waals surface area contributed by atoms with Crippen molar-refractivity contribution in [3.8, 4) is 11.4 Å². The second-order valence-corrected chi connectivity index (χ2v) is 5.30. The van der Waals surface area contributed by atoms with Crippen LogP contribution in [0.3, 0.4) is 0 Å². The van der Waals surface area contributed by atoms with Crippen LogP contribution in [0.2, 0.25) is 0 Å². The lowest BCUT2D eigenvalue weighted by Gasteiger charge is -2.10. The van der Waals surface area contributed by atoms with E-state index in [1.165, 1.54) is 12.1 Å². The lowest BCUT2D eigenvalue weighted by atomic mass is 10.1. The van der Waals surface area contributed by atoms with Crippen LogP contribution in [0.4, 0.5) is 13.2 Å². The van der Waals surface area contributed by atoms with Gasteiger partial charge in [0.05, 0.1) is 5.56 Å². The largest absolute Gasteiger partial charge is 0.417 e. The fourth-order valence-electron chi connectivity index (χ4n) is 1.80. The van der Waals surface area contributed by atoms with Crippen molar-refractivity contribution in [3.63, 3.8) is 0 Å². The Morgan fingerprint density at radius 3 is 2.67 bits per heavy atom. The zero-order chi connectivity index (χ0) is 15.5. The molecule has 1 N–H and O–H groups in total. The molecule has 1 heterocycles. The van der Waals surface area contributed by atoms with Gasteiger partial charge in [0.1, 0.15) is 0 Å². The van der Waals surface area contributed by atoms with Gasteiger partial charge in [0.15, 0.2) is 0 Å². The number of halogens is 4. The monoisotopic (exact) mass is 364 g/mol. The number of hydrogen-bond acceptors (Lipinski definition) is 4. The molecule has 0 radical (unpaired) electrons. The molecule has 0 saturated heterocycles. The van der Waals surface area contributed by atoms with Crippen LogP contribution in [0, 0.1) is 0 Å². The second kappa shape index (κ2) is 6.57. The molecule has 1 aromatic carbocycles. The average Bonchev–Trinajstić information content (AvgIpc) is 2.87. The first-order chi connectivity index (χ1) is 9.91. The fourth-order valence-corrected chi connectivity index (χ4v) is 2.16. The summed E-state index contributed by atoms with van der Waals surface area (Å²) < 4.78 is 44.4. The summed E-state index contributed by atoms with van der Waals surface area (Å²) in [7, 11) is 0. The molecule has 0 amide bonds. The van der Waals surface area contributed by atoms with Gasteiger partial charge in [-0.1, -0.05) is 21.1 Å². The zero-order valence-electron chi connectivity index (χ0n) is 10.8. The molecule has 0 spiro atoms. The van der Waals surface area contributed by atoms with Gasteiger partial charge >= 0.3 is 6.18 Å². The fraction of sp³-hybridized carbons (Fsp3) is 0.385. The molecule has 0 unspecified atom stereocenters. The van der Waals surface area contributed by atoms with Crippen LogP contribution in [0.25, 0.3) is 11.4 Å². The molecule has 2 rings (SSSR count). The van der Waals surface area contributed by atoms with E-state index >= 15 is 0 Å². The maximum absolute atomic E-state index is 13.0. The van der Waals surface area contributed by atoms with Gasteiger partial charge in [0.2, 0.25) is 11.7 Å². The molecule has 0 aliphatic carbocycles. The lowest BCUT2D eigenvalue weighted by Crippen LogP contribution is -2.07. The minimum absolute atomic E-state index is 0.0475. The molecule has 4 nitrogen and oxygen atoms in total. The molecule has 0 aliphatic rings. The van der Waals surface area contributed by atoms with Gasteiger partial charge in [-0.2, -0.15) is 18.2 Å². The van der Waals surface area contributed by atoms with Gasteiger partial charge in [0.25, 0.3) is 0 Å². The molecule has 2 aromatic rings. The molecule has 0 bridgehead atoms. The third-order valence-corrected chi connectivity index (χ3v) is 3.29. The summed E-state index contributed by atoms with van der Waals surface area (Å²) in [6, 6.07) is 3.78. The Balaban J connectivity index is 2.30. The van der Waals surface area contributed by atoms with Crippen molar-refractivity contribution in [2.45, 2.75) is 25.4 Å². The van der Waals surface area contributed by atoms with Crippen LogP contribution in [0.1, 0.15) is 24.3 Å². The summed E-state index contributed by atoms with van der Waals surface area (Å²) in [5, 5.41) is 12.3. The van der Waals surface area contributed by atoms with Crippen molar-refractivity contribution < 1.29 is 22.8 Å². The SMILES string of the molecule is OCCCCc1nc(-c2ccc(Br)cc2C(F)(F)F)no1. The summed E-state index contributed by atoms with van der Waals surface area (Å²) in [5.74, 6) is 0.170. The third-order valence-electron chi connectivity index (χ3n) is 2.79. The number of hydrogen-bond donors (Lipinski definition) is 1. The zero-order valence-corrected chi connectivity index (χ0v) is 12.4. The normalized spacial score (nSPS) is 11.9. The van der Waals surface area contributed by atoms with Gasteiger partial charge in [0, 0.05) is 23.1 Å². The van der Waals surface area contributed by atoms with Crippen LogP contribution < -0.4 is 0 Å². The predicted molar refractivity (Wildman–Crippen MR) is 72.5 cm³/mol. The Morgan fingerprint density at radius 1 is 1.24 bits per heavy atom. The molecule has 0 atom stereocenters. The number of nitrogens with zero attached hydrogens (tertiary/aromatic N) is 2. The number of aliphatic hydroxyl groups is 1. The highest BCUT2D eigenvalue weighted by Gasteiger charge is 2.35. The van der Waals surface area contributed by atoms with E-state index in [-0.39, 0.29) is 23.9 Å². The number of alkyl halides is 3. The molecular formula is C13H12BrF3N2O2. The maximum Gasteiger partial charge on any atom is 0.417 e. The van der Waals surface area contributed by atoms with Crippen molar-refractivity contribution in [2.75, 3.05) is 6.61 Å². The van der Waals surface area contributed by atoms with Gasteiger partial charge in [-0.3, -0.25) is 0 Å². The Labute approximate surface area is 127 Å². The first kappa shape index (κ1) is 16.0. The second-order valence-electron chi connectivity index (χ2n) is 4.38. The van der Waals surface area contributed by atoms with E-state index in [1.807, 2.05) is 0 Å². The minimum Gasteiger partial charge on any atom is -0.396 e. The Morgan fingerprint density at radius 2 is 2.00 bits per heavy atom. The molecule has 0 aliphatic heterocycles. The maximum atomic E-state index is 13.0. The Bertz CT molecular complexity index is 614. The van der Waals surface area contributed by atoms with E-state index < -0.39 is 11.7 Å². The van der Waals surface area contributed by atoms with Crippen molar-refractivity contribution in [1.29, 1.82) is 0 Å². The van der Waals surface area contributed by atoms with Crippen molar-refractivity contribution in [3.05, 3.63) is 34.1 Å². The molecule has 0 fully saturated rings. The highest BCUT2D eigenvalue weighted by Crippen LogP contribution is 2.37. The molecule has 114 valence electrons. The number of aryl methyl sites for hydroxylation is 1. The van der Waals surface area contributed by atoms with Gasteiger partial charge in [-0.15, -0.1) is 0 Å². The van der Waals surface area contributed by atoms with Crippen LogP contribution in [0.5, 0.6) is 0 Å². The quantitative estimate of drug-likeness (QED) is 0.819. The van der Waals surface area contributed by atoms with Crippen molar-refractivity contribution in [1.82, 2.24) is 10.1 Å². The summed E-state index contributed by atoms with van der Waals surface area (Å²) in [6.07, 6.45) is -2.88. The molecular weight excluding hydrogens is 353 g/mol. The van der Waals surface area contributed by atoms with Crippen LogP contribution in [-0.2, 0) is 12.6 Å². The van der Waals surface area contributed by atoms with Crippen LogP contribution in [-0.4, -0.2) is 21.9 Å². The summed E-state index contributed by atoms with van der Waals surface area (Å²) in [4.78, 5) is 3.98. The summed E-state index contributed by atoms with van der Waals surface area (Å²) in [6.45, 7) is 0.0475. The van der Waals surface area contributed by atoms with Crippen molar-refractivity contribution >= 4 is 15.9 Å². The highest BCUT2D eigenvalue weighted by atomic mass is 79.9. The van der Waals surface area contributed by atoms with E-state index in [0.717, 1.165) is 6.07 Å². The van der Waals surface area contributed by atoms with E-state index in [2.05, 4.69) is 26.1 Å². The molecule has 0 saturated carbocycles. The number of unbranched alkanes of at least 4 members (excludes halogenated alkanes) is 1. The Kier molecular flexibility index (Phi) is 5.00. The van der Waals surface area contributed by atoms with Crippen molar-refractivity contribution in [2.24, 2.45) is 0 Å². The first-order valence-corrected chi connectivity index (χ1v) is 7.01. The van der Waals surface area contributed by atoms with E-state index in [1.54, 1.807) is 0 Å². The molecule has 21 heavy (non-hydrogen) atoms. The standard InChI is InChI=1S/C13H12BrF3N2O2/c14-8-4-5-9(10(7-8)13(15,16)17)12-18-11(21-19-12)3-1-2-6-20/h4-5,7,20H,1-3,6H2. The number of benzene rings is 1. The van der Waals surface area contributed by atoms with Gasteiger partial charge in [-0.25, -0.2) is 0 Å². The number of aromatic nitrogens is 2. The third kappa shape index (κ3) is 4.04. The summed E-state index contributed by atoms with van der Waals surface area (Å²) in [5.41, 5.74) is -0.942. The van der Waals surface area contributed by atoms with Crippen LogP contribution >= 0.6 is 15.9 Å². The molecule has 1 aromatic heterocycles.